The zero-order valence-corrected chi connectivity index (χ0v) is 15.4. The van der Waals surface area contributed by atoms with E-state index < -0.39 is 0 Å². The number of aryl methyl sites for hydroxylation is 1. The van der Waals surface area contributed by atoms with E-state index in [9.17, 15) is 9.59 Å². The second-order valence-electron chi connectivity index (χ2n) is 6.29. The number of hydrogen-bond donors (Lipinski definition) is 0. The number of amides is 2. The highest BCUT2D eigenvalue weighted by Gasteiger charge is 2.32. The van der Waals surface area contributed by atoms with Crippen LogP contribution in [0.1, 0.15) is 15.9 Å². The van der Waals surface area contributed by atoms with Crippen LogP contribution >= 0.6 is 12.4 Å². The van der Waals surface area contributed by atoms with E-state index in [-0.39, 0.29) is 30.9 Å². The topological polar surface area (TPSA) is 43.9 Å². The SMILES string of the molecule is Cc1ccc(N2CN(C(=O)CN(C)C)c3ccccc3C2=O)cc1.Cl. The van der Waals surface area contributed by atoms with E-state index in [1.165, 1.54) is 0 Å². The number of likely N-dealkylation sites (N-methyl/N-ethyl adjacent to an activating group) is 1. The highest BCUT2D eigenvalue weighted by molar-refractivity contribution is 6.15. The van der Waals surface area contributed by atoms with Gasteiger partial charge in [0, 0.05) is 5.69 Å². The van der Waals surface area contributed by atoms with Crippen LogP contribution in [0.25, 0.3) is 0 Å². The van der Waals surface area contributed by atoms with Gasteiger partial charge in [-0.3, -0.25) is 19.4 Å². The molecule has 0 saturated carbocycles. The minimum Gasteiger partial charge on any atom is -0.301 e. The van der Waals surface area contributed by atoms with Gasteiger partial charge in [-0.05, 0) is 45.3 Å². The van der Waals surface area contributed by atoms with Crippen molar-refractivity contribution in [1.29, 1.82) is 0 Å². The molecule has 25 heavy (non-hydrogen) atoms. The Morgan fingerprint density at radius 2 is 1.72 bits per heavy atom. The number of nitrogens with zero attached hydrogens (tertiary/aromatic N) is 3. The predicted octanol–water partition coefficient (Wildman–Crippen LogP) is 2.93. The quantitative estimate of drug-likeness (QED) is 0.846. The smallest absolute Gasteiger partial charge is 0.261 e. The van der Waals surface area contributed by atoms with Crippen molar-refractivity contribution in [2.75, 3.05) is 37.1 Å². The summed E-state index contributed by atoms with van der Waals surface area (Å²) in [7, 11) is 3.72. The molecule has 0 saturated heterocycles. The maximum absolute atomic E-state index is 12.9. The second kappa shape index (κ2) is 7.68. The molecule has 2 aromatic carbocycles. The molecule has 6 heteroatoms. The Morgan fingerprint density at radius 1 is 1.08 bits per heavy atom. The molecule has 3 rings (SSSR count). The lowest BCUT2D eigenvalue weighted by atomic mass is 10.1. The summed E-state index contributed by atoms with van der Waals surface area (Å²) in [4.78, 5) is 30.7. The first kappa shape index (κ1) is 19.0. The van der Waals surface area contributed by atoms with Crippen molar-refractivity contribution in [2.24, 2.45) is 0 Å². The summed E-state index contributed by atoms with van der Waals surface area (Å²) in [5, 5.41) is 0. The molecule has 0 atom stereocenters. The number of carbonyl (C=O) groups excluding carboxylic acids is 2. The Hall–Kier alpha value is -2.37. The van der Waals surface area contributed by atoms with Crippen LogP contribution in [0.4, 0.5) is 11.4 Å². The van der Waals surface area contributed by atoms with Crippen LogP contribution in [-0.2, 0) is 4.79 Å². The summed E-state index contributed by atoms with van der Waals surface area (Å²) in [5.74, 6) is -0.111. The third kappa shape index (κ3) is 3.83. The van der Waals surface area contributed by atoms with E-state index in [0.717, 1.165) is 11.3 Å². The molecule has 1 heterocycles. The normalized spacial score (nSPS) is 13.5. The fraction of sp³-hybridized carbons (Fsp3) is 0.263. The molecule has 0 bridgehead atoms. The van der Waals surface area contributed by atoms with Gasteiger partial charge in [0.25, 0.3) is 5.91 Å². The largest absolute Gasteiger partial charge is 0.301 e. The highest BCUT2D eigenvalue weighted by Crippen LogP contribution is 2.30. The van der Waals surface area contributed by atoms with Crippen LogP contribution in [0.15, 0.2) is 48.5 Å². The lowest BCUT2D eigenvalue weighted by molar-refractivity contribution is -0.119. The zero-order valence-electron chi connectivity index (χ0n) is 14.6. The molecule has 1 aliphatic heterocycles. The number of anilines is 2. The van der Waals surface area contributed by atoms with Gasteiger partial charge >= 0.3 is 0 Å². The van der Waals surface area contributed by atoms with Crippen LogP contribution in [0.3, 0.4) is 0 Å². The maximum atomic E-state index is 12.9. The Balaban J connectivity index is 0.00000225. The molecule has 0 fully saturated rings. The summed E-state index contributed by atoms with van der Waals surface area (Å²) in [5.41, 5.74) is 3.15. The monoisotopic (exact) mass is 359 g/mol. The van der Waals surface area contributed by atoms with Crippen molar-refractivity contribution in [2.45, 2.75) is 6.92 Å². The molecule has 0 unspecified atom stereocenters. The average Bonchev–Trinajstić information content (AvgIpc) is 2.56. The molecule has 0 N–H and O–H groups in total. The van der Waals surface area contributed by atoms with E-state index >= 15 is 0 Å². The molecule has 0 aromatic heterocycles. The van der Waals surface area contributed by atoms with E-state index in [4.69, 9.17) is 0 Å². The van der Waals surface area contributed by atoms with Crippen molar-refractivity contribution < 1.29 is 9.59 Å². The summed E-state index contributed by atoms with van der Waals surface area (Å²) in [6.07, 6.45) is 0. The van der Waals surface area contributed by atoms with E-state index in [1.807, 2.05) is 68.4 Å². The number of para-hydroxylation sites is 1. The van der Waals surface area contributed by atoms with Gasteiger partial charge in [-0.25, -0.2) is 0 Å². The van der Waals surface area contributed by atoms with Crippen molar-refractivity contribution in [3.05, 3.63) is 59.7 Å². The predicted molar refractivity (Wildman–Crippen MR) is 103 cm³/mol. The molecule has 0 aliphatic carbocycles. The second-order valence-corrected chi connectivity index (χ2v) is 6.29. The Labute approximate surface area is 154 Å². The van der Waals surface area contributed by atoms with E-state index in [2.05, 4.69) is 0 Å². The van der Waals surface area contributed by atoms with E-state index in [1.54, 1.807) is 15.9 Å². The van der Waals surface area contributed by atoms with Crippen LogP contribution in [-0.4, -0.2) is 44.0 Å². The molecular formula is C19H22ClN3O2. The summed E-state index contributed by atoms with van der Waals surface area (Å²) in [6.45, 7) is 2.53. The van der Waals surface area contributed by atoms with Crippen molar-refractivity contribution in [1.82, 2.24) is 4.90 Å². The standard InChI is InChI=1S/C19H21N3O2.ClH/c1-14-8-10-15(11-9-14)21-13-22(18(23)12-20(2)3)17-7-5-4-6-16(17)19(21)24;/h4-11H,12-13H2,1-3H3;1H. The van der Waals surface area contributed by atoms with Crippen molar-refractivity contribution >= 4 is 35.6 Å². The molecule has 0 radical (unpaired) electrons. The maximum Gasteiger partial charge on any atom is 0.261 e. The van der Waals surface area contributed by atoms with Crippen LogP contribution in [0.5, 0.6) is 0 Å². The van der Waals surface area contributed by atoms with Crippen molar-refractivity contribution in [3.8, 4) is 0 Å². The van der Waals surface area contributed by atoms with Gasteiger partial charge in [0.15, 0.2) is 0 Å². The van der Waals surface area contributed by atoms with E-state index in [0.29, 0.717) is 17.8 Å². The lowest BCUT2D eigenvalue weighted by Gasteiger charge is -2.37. The number of rotatable bonds is 3. The fourth-order valence-corrected chi connectivity index (χ4v) is 2.81. The zero-order chi connectivity index (χ0) is 17.3. The van der Waals surface area contributed by atoms with Crippen LogP contribution < -0.4 is 9.80 Å². The number of halogens is 1. The Morgan fingerprint density at radius 3 is 2.36 bits per heavy atom. The van der Waals surface area contributed by atoms with Gasteiger partial charge in [-0.2, -0.15) is 0 Å². The molecule has 2 amide bonds. The first-order valence-corrected chi connectivity index (χ1v) is 7.90. The molecule has 5 nitrogen and oxygen atoms in total. The molecule has 0 spiro atoms. The van der Waals surface area contributed by atoms with Gasteiger partial charge in [-0.15, -0.1) is 12.4 Å². The molecule has 2 aromatic rings. The number of carbonyl (C=O) groups is 2. The van der Waals surface area contributed by atoms with Crippen molar-refractivity contribution in [3.63, 3.8) is 0 Å². The van der Waals surface area contributed by atoms with Gasteiger partial charge in [0.2, 0.25) is 5.91 Å². The summed E-state index contributed by atoms with van der Waals surface area (Å²) in [6, 6.07) is 15.0. The van der Waals surface area contributed by atoms with Crippen LogP contribution in [0, 0.1) is 6.92 Å². The Kier molecular flexibility index (Phi) is 5.82. The first-order valence-electron chi connectivity index (χ1n) is 7.90. The van der Waals surface area contributed by atoms with Crippen LogP contribution in [0.2, 0.25) is 0 Å². The number of fused-ring (bicyclic) bond motifs is 1. The average molecular weight is 360 g/mol. The third-order valence-electron chi connectivity index (χ3n) is 4.05. The summed E-state index contributed by atoms with van der Waals surface area (Å²) < 4.78 is 0. The third-order valence-corrected chi connectivity index (χ3v) is 4.05. The van der Waals surface area contributed by atoms with Gasteiger partial charge < -0.3 is 4.90 Å². The minimum absolute atomic E-state index is 0. The van der Waals surface area contributed by atoms with Gasteiger partial charge in [0.1, 0.15) is 6.67 Å². The first-order chi connectivity index (χ1) is 11.5. The summed E-state index contributed by atoms with van der Waals surface area (Å²) >= 11 is 0. The molecule has 132 valence electrons. The Bertz CT molecular complexity index is 774. The number of benzene rings is 2. The highest BCUT2D eigenvalue weighted by atomic mass is 35.5. The lowest BCUT2D eigenvalue weighted by Crippen LogP contribution is -2.51. The number of hydrogen-bond acceptors (Lipinski definition) is 3. The van der Waals surface area contributed by atoms with Gasteiger partial charge in [-0.1, -0.05) is 29.8 Å². The minimum atomic E-state index is -0.0802. The van der Waals surface area contributed by atoms with Gasteiger partial charge in [0.05, 0.1) is 17.8 Å². The fourth-order valence-electron chi connectivity index (χ4n) is 2.81. The molecule has 1 aliphatic rings. The molecular weight excluding hydrogens is 338 g/mol.